The van der Waals surface area contributed by atoms with Crippen molar-refractivity contribution in [3.05, 3.63) is 82.6 Å². The van der Waals surface area contributed by atoms with E-state index >= 15 is 0 Å². The zero-order valence-electron chi connectivity index (χ0n) is 14.8. The number of aromatic carboxylic acids is 1. The number of hydrogen-bond acceptors (Lipinski definition) is 5. The van der Waals surface area contributed by atoms with Crippen LogP contribution < -0.4 is 5.32 Å². The second kappa shape index (κ2) is 9.15. The second-order valence-electron chi connectivity index (χ2n) is 5.72. The summed E-state index contributed by atoms with van der Waals surface area (Å²) in [5, 5.41) is 22.1. The van der Waals surface area contributed by atoms with Crippen LogP contribution in [-0.4, -0.2) is 17.0 Å². The molecule has 0 spiro atoms. The van der Waals surface area contributed by atoms with Gasteiger partial charge >= 0.3 is 5.97 Å². The fraction of sp³-hybridized carbons (Fsp3) is 0. The molecule has 1 heterocycles. The molecule has 0 atom stereocenters. The quantitative estimate of drug-likeness (QED) is 0.409. The Bertz CT molecular complexity index is 1130. The lowest BCUT2D eigenvalue weighted by Gasteiger charge is -2.05. The van der Waals surface area contributed by atoms with Crippen molar-refractivity contribution in [2.45, 2.75) is 9.99 Å². The number of halogens is 1. The maximum absolute atomic E-state index is 12.4. The maximum Gasteiger partial charge on any atom is 0.335 e. The molecule has 3 rings (SSSR count). The average Bonchev–Trinajstić information content (AvgIpc) is 3.15. The first-order valence-corrected chi connectivity index (χ1v) is 9.44. The highest BCUT2D eigenvalue weighted by Crippen LogP contribution is 2.30. The lowest BCUT2D eigenvalue weighted by atomic mass is 10.2. The number of carbonyl (C=O) groups excluding carboxylic acids is 1. The van der Waals surface area contributed by atoms with Crippen molar-refractivity contribution in [3.63, 3.8) is 0 Å². The first-order chi connectivity index (χ1) is 13.9. The third kappa shape index (κ3) is 5.51. The van der Waals surface area contributed by atoms with E-state index in [0.717, 1.165) is 4.90 Å². The van der Waals surface area contributed by atoms with Gasteiger partial charge in [0.05, 0.1) is 5.56 Å². The van der Waals surface area contributed by atoms with Crippen molar-refractivity contribution >= 4 is 47.0 Å². The zero-order valence-corrected chi connectivity index (χ0v) is 16.3. The molecule has 2 N–H and O–H groups in total. The Morgan fingerprint density at radius 2 is 1.90 bits per heavy atom. The van der Waals surface area contributed by atoms with Gasteiger partial charge in [0.1, 0.15) is 17.4 Å². The van der Waals surface area contributed by atoms with Crippen LogP contribution in [0.2, 0.25) is 5.02 Å². The summed E-state index contributed by atoms with van der Waals surface area (Å²) in [6.07, 6.45) is 1.32. The van der Waals surface area contributed by atoms with E-state index in [9.17, 15) is 14.9 Å². The molecule has 0 aliphatic carbocycles. The molecule has 0 fully saturated rings. The Kier molecular flexibility index (Phi) is 6.39. The van der Waals surface area contributed by atoms with Crippen molar-refractivity contribution in [1.82, 2.24) is 0 Å². The predicted octanol–water partition coefficient (Wildman–Crippen LogP) is 5.33. The molecule has 144 valence electrons. The molecule has 6 nitrogen and oxygen atoms in total. The molecule has 0 radical (unpaired) electrons. The first kappa shape index (κ1) is 20.3. The van der Waals surface area contributed by atoms with Gasteiger partial charge in [-0.1, -0.05) is 29.4 Å². The van der Waals surface area contributed by atoms with Gasteiger partial charge in [-0.2, -0.15) is 5.26 Å². The highest BCUT2D eigenvalue weighted by Gasteiger charge is 2.12. The number of nitriles is 1. The van der Waals surface area contributed by atoms with Gasteiger partial charge in [-0.05, 0) is 54.6 Å². The van der Waals surface area contributed by atoms with E-state index in [1.807, 2.05) is 18.2 Å². The van der Waals surface area contributed by atoms with Crippen LogP contribution in [0.3, 0.4) is 0 Å². The number of benzene rings is 2. The van der Waals surface area contributed by atoms with E-state index in [2.05, 4.69) is 5.32 Å². The smallest absolute Gasteiger partial charge is 0.335 e. The summed E-state index contributed by atoms with van der Waals surface area (Å²) in [7, 11) is 0. The number of nitrogens with one attached hydrogen (secondary N) is 1. The predicted molar refractivity (Wildman–Crippen MR) is 110 cm³/mol. The van der Waals surface area contributed by atoms with Gasteiger partial charge in [0.25, 0.3) is 5.91 Å². The van der Waals surface area contributed by atoms with Crippen LogP contribution in [0.4, 0.5) is 5.69 Å². The molecule has 0 unspecified atom stereocenters. The van der Waals surface area contributed by atoms with Gasteiger partial charge in [-0.15, -0.1) is 0 Å². The summed E-state index contributed by atoms with van der Waals surface area (Å²) in [6.45, 7) is 0. The van der Waals surface area contributed by atoms with Crippen molar-refractivity contribution in [1.29, 1.82) is 5.26 Å². The SMILES string of the molecule is N#CC(=Cc1ccc(Sc2ccc(Cl)cc2)o1)C(=O)Nc1cccc(C(=O)O)c1. The van der Waals surface area contributed by atoms with Crippen LogP contribution in [0.1, 0.15) is 16.1 Å². The summed E-state index contributed by atoms with van der Waals surface area (Å²) in [6, 6.07) is 18.2. The van der Waals surface area contributed by atoms with Crippen molar-refractivity contribution < 1.29 is 19.1 Å². The molecule has 0 saturated heterocycles. The normalized spacial score (nSPS) is 11.0. The molecule has 1 aromatic heterocycles. The van der Waals surface area contributed by atoms with Crippen LogP contribution in [-0.2, 0) is 4.79 Å². The number of carbonyl (C=O) groups is 2. The number of furan rings is 1. The molecule has 29 heavy (non-hydrogen) atoms. The van der Waals surface area contributed by atoms with Crippen molar-refractivity contribution in [2.75, 3.05) is 5.32 Å². The van der Waals surface area contributed by atoms with Crippen LogP contribution in [0, 0.1) is 11.3 Å². The average molecular weight is 425 g/mol. The number of carboxylic acids is 1. The number of anilines is 1. The van der Waals surface area contributed by atoms with Crippen molar-refractivity contribution in [2.24, 2.45) is 0 Å². The van der Waals surface area contributed by atoms with Gasteiger partial charge in [0.15, 0.2) is 5.09 Å². The monoisotopic (exact) mass is 424 g/mol. The third-order valence-electron chi connectivity index (χ3n) is 3.65. The number of nitrogens with zero attached hydrogens (tertiary/aromatic N) is 1. The minimum atomic E-state index is -1.11. The fourth-order valence-electron chi connectivity index (χ4n) is 2.30. The summed E-state index contributed by atoms with van der Waals surface area (Å²) in [5.74, 6) is -1.44. The lowest BCUT2D eigenvalue weighted by molar-refractivity contribution is -0.112. The summed E-state index contributed by atoms with van der Waals surface area (Å²) >= 11 is 7.24. The molecular weight excluding hydrogens is 412 g/mol. The molecule has 0 saturated carbocycles. The summed E-state index contributed by atoms with van der Waals surface area (Å²) in [5.41, 5.74) is 0.123. The zero-order chi connectivity index (χ0) is 20.8. The summed E-state index contributed by atoms with van der Waals surface area (Å²) in [4.78, 5) is 24.3. The van der Waals surface area contributed by atoms with Gasteiger partial charge in [0, 0.05) is 21.7 Å². The van der Waals surface area contributed by atoms with E-state index in [1.54, 1.807) is 24.3 Å². The topological polar surface area (TPSA) is 103 Å². The van der Waals surface area contributed by atoms with E-state index in [-0.39, 0.29) is 16.8 Å². The minimum absolute atomic E-state index is 0.0280. The van der Waals surface area contributed by atoms with Crippen LogP contribution >= 0.6 is 23.4 Å². The minimum Gasteiger partial charge on any atom is -0.478 e. The number of hydrogen-bond donors (Lipinski definition) is 2. The highest BCUT2D eigenvalue weighted by molar-refractivity contribution is 7.99. The molecule has 0 bridgehead atoms. The molecule has 3 aromatic rings. The van der Waals surface area contributed by atoms with Gasteiger partial charge in [0.2, 0.25) is 0 Å². The van der Waals surface area contributed by atoms with Gasteiger partial charge < -0.3 is 14.8 Å². The molecule has 0 aliphatic rings. The Hall–Kier alpha value is -3.47. The largest absolute Gasteiger partial charge is 0.478 e. The highest BCUT2D eigenvalue weighted by atomic mass is 35.5. The Morgan fingerprint density at radius 3 is 2.59 bits per heavy atom. The Morgan fingerprint density at radius 1 is 1.14 bits per heavy atom. The third-order valence-corrected chi connectivity index (χ3v) is 4.83. The maximum atomic E-state index is 12.4. The number of amides is 1. The Balaban J connectivity index is 1.72. The molecule has 1 amide bonds. The second-order valence-corrected chi connectivity index (χ2v) is 7.24. The number of carboxylic acid groups (broad SMARTS) is 1. The Labute approximate surface area is 175 Å². The molecule has 8 heteroatoms. The number of rotatable bonds is 6. The van der Waals surface area contributed by atoms with Crippen LogP contribution in [0.5, 0.6) is 0 Å². The van der Waals surface area contributed by atoms with E-state index in [1.165, 1.54) is 42.1 Å². The molecule has 0 aliphatic heterocycles. The standard InChI is InChI=1S/C21H13ClN2O4S/c22-15-4-7-18(8-5-15)29-19-9-6-17(28-19)11-14(12-23)20(25)24-16-3-1-2-13(10-16)21(26)27/h1-11H,(H,24,25)(H,26,27). The first-order valence-electron chi connectivity index (χ1n) is 8.24. The van der Waals surface area contributed by atoms with E-state index in [4.69, 9.17) is 21.1 Å². The van der Waals surface area contributed by atoms with Crippen molar-refractivity contribution in [3.8, 4) is 6.07 Å². The lowest BCUT2D eigenvalue weighted by Crippen LogP contribution is -2.13. The fourth-order valence-corrected chi connectivity index (χ4v) is 3.21. The molecule has 2 aromatic carbocycles. The van der Waals surface area contributed by atoms with Gasteiger partial charge in [-0.3, -0.25) is 4.79 Å². The van der Waals surface area contributed by atoms with Gasteiger partial charge in [-0.25, -0.2) is 4.79 Å². The van der Waals surface area contributed by atoms with E-state index < -0.39 is 11.9 Å². The van der Waals surface area contributed by atoms with E-state index in [0.29, 0.717) is 15.9 Å². The van der Waals surface area contributed by atoms with Crippen LogP contribution in [0.25, 0.3) is 6.08 Å². The van der Waals surface area contributed by atoms with Crippen LogP contribution in [0.15, 0.2) is 80.6 Å². The molecular formula is C21H13ClN2O4S. The summed E-state index contributed by atoms with van der Waals surface area (Å²) < 4.78 is 5.65.